The molecule has 0 atom stereocenters. The Morgan fingerprint density at radius 2 is 1.76 bits per heavy atom. The summed E-state index contributed by atoms with van der Waals surface area (Å²) < 4.78 is 27.0. The molecule has 2 rings (SSSR count). The third-order valence-electron chi connectivity index (χ3n) is 2.80. The minimum Gasteiger partial charge on any atom is -0.381 e. The van der Waals surface area contributed by atoms with Gasteiger partial charge in [0.25, 0.3) is 0 Å². The summed E-state index contributed by atoms with van der Waals surface area (Å²) in [5.41, 5.74) is 5.91. The molecule has 0 saturated carbocycles. The van der Waals surface area contributed by atoms with Crippen LogP contribution in [-0.4, -0.2) is 5.91 Å². The van der Waals surface area contributed by atoms with E-state index in [1.165, 1.54) is 24.3 Å². The van der Waals surface area contributed by atoms with Crippen LogP contribution in [0, 0.1) is 11.6 Å². The van der Waals surface area contributed by atoms with Gasteiger partial charge >= 0.3 is 0 Å². The zero-order valence-corrected chi connectivity index (χ0v) is 12.1. The first-order valence-electron chi connectivity index (χ1n) is 5.85. The number of carbonyl (C=O) groups excluding carboxylic acids is 1. The van der Waals surface area contributed by atoms with Crippen LogP contribution in [0.15, 0.2) is 30.3 Å². The van der Waals surface area contributed by atoms with Crippen LogP contribution in [0.1, 0.15) is 15.9 Å². The van der Waals surface area contributed by atoms with Crippen molar-refractivity contribution < 1.29 is 13.6 Å². The lowest BCUT2D eigenvalue weighted by atomic mass is 10.1. The van der Waals surface area contributed by atoms with E-state index in [4.69, 9.17) is 28.9 Å². The molecule has 0 fully saturated rings. The molecule has 0 aliphatic heterocycles. The van der Waals surface area contributed by atoms with E-state index in [1.807, 2.05) is 0 Å². The maximum absolute atomic E-state index is 13.8. The summed E-state index contributed by atoms with van der Waals surface area (Å²) in [6.45, 7) is 0.114. The Morgan fingerprint density at radius 3 is 2.29 bits per heavy atom. The third kappa shape index (κ3) is 3.62. The average molecular weight is 331 g/mol. The second-order valence-electron chi connectivity index (χ2n) is 4.28. The van der Waals surface area contributed by atoms with Crippen LogP contribution in [0.3, 0.4) is 0 Å². The first-order valence-corrected chi connectivity index (χ1v) is 6.60. The van der Waals surface area contributed by atoms with Gasteiger partial charge in [-0.15, -0.1) is 0 Å². The summed E-state index contributed by atoms with van der Waals surface area (Å²) in [6, 6.07) is 6.61. The Labute approximate surface area is 129 Å². The number of rotatable bonds is 4. The van der Waals surface area contributed by atoms with E-state index in [1.54, 1.807) is 0 Å². The van der Waals surface area contributed by atoms with Gasteiger partial charge in [-0.1, -0.05) is 29.3 Å². The number of nitrogens with one attached hydrogen (secondary N) is 1. The molecule has 2 aromatic carbocycles. The van der Waals surface area contributed by atoms with Gasteiger partial charge in [-0.25, -0.2) is 8.78 Å². The molecule has 0 unspecified atom stereocenters. The van der Waals surface area contributed by atoms with E-state index in [2.05, 4.69) is 5.32 Å². The molecule has 0 saturated heterocycles. The average Bonchev–Trinajstić information content (AvgIpc) is 2.43. The number of hydrogen-bond donors (Lipinski definition) is 2. The second kappa shape index (κ2) is 6.28. The van der Waals surface area contributed by atoms with E-state index < -0.39 is 17.5 Å². The fraction of sp³-hybridized carbons (Fsp3) is 0.0714. The van der Waals surface area contributed by atoms with Crippen molar-refractivity contribution in [3.63, 3.8) is 0 Å². The fourth-order valence-electron chi connectivity index (χ4n) is 1.70. The zero-order chi connectivity index (χ0) is 15.6. The van der Waals surface area contributed by atoms with Gasteiger partial charge in [0.05, 0.1) is 10.0 Å². The Hall–Kier alpha value is -1.85. The highest BCUT2D eigenvalue weighted by Crippen LogP contribution is 2.27. The van der Waals surface area contributed by atoms with Crippen molar-refractivity contribution in [2.24, 2.45) is 5.73 Å². The van der Waals surface area contributed by atoms with Crippen LogP contribution >= 0.6 is 23.2 Å². The largest absolute Gasteiger partial charge is 0.381 e. The number of amides is 1. The van der Waals surface area contributed by atoms with Crippen LogP contribution in [-0.2, 0) is 6.54 Å². The van der Waals surface area contributed by atoms with Crippen LogP contribution < -0.4 is 11.1 Å². The standard InChI is InChI=1S/C14H10Cl2F2N2O/c15-10-4-9(5-11(16)13(10)18)20-6-8-2-1-7(14(19)21)3-12(8)17/h1-5,20H,6H2,(H2,19,21). The number of carbonyl (C=O) groups is 1. The quantitative estimate of drug-likeness (QED) is 0.833. The van der Waals surface area contributed by atoms with Crippen molar-refractivity contribution in [3.05, 3.63) is 63.1 Å². The summed E-state index contributed by atoms with van der Waals surface area (Å²) in [5, 5.41) is 2.61. The first kappa shape index (κ1) is 15.5. The topological polar surface area (TPSA) is 55.1 Å². The number of anilines is 1. The molecular weight excluding hydrogens is 321 g/mol. The molecule has 1 amide bonds. The number of benzene rings is 2. The van der Waals surface area contributed by atoms with Gasteiger partial charge in [0.2, 0.25) is 5.91 Å². The van der Waals surface area contributed by atoms with Crippen molar-refractivity contribution in [3.8, 4) is 0 Å². The summed E-state index contributed by atoms with van der Waals surface area (Å²) in [7, 11) is 0. The lowest BCUT2D eigenvalue weighted by Gasteiger charge is -2.09. The predicted molar refractivity (Wildman–Crippen MR) is 78.7 cm³/mol. The van der Waals surface area contributed by atoms with E-state index in [-0.39, 0.29) is 22.2 Å². The molecule has 0 spiro atoms. The van der Waals surface area contributed by atoms with Gasteiger partial charge in [-0.3, -0.25) is 4.79 Å². The maximum Gasteiger partial charge on any atom is 0.248 e. The molecule has 110 valence electrons. The Balaban J connectivity index is 2.15. The van der Waals surface area contributed by atoms with Crippen LogP contribution in [0.5, 0.6) is 0 Å². The van der Waals surface area contributed by atoms with E-state index in [0.717, 1.165) is 6.07 Å². The van der Waals surface area contributed by atoms with E-state index >= 15 is 0 Å². The van der Waals surface area contributed by atoms with Gasteiger partial charge in [-0.2, -0.15) is 0 Å². The highest BCUT2D eigenvalue weighted by atomic mass is 35.5. The van der Waals surface area contributed by atoms with E-state index in [0.29, 0.717) is 11.3 Å². The van der Waals surface area contributed by atoms with Crippen LogP contribution in [0.25, 0.3) is 0 Å². The Bertz CT molecular complexity index is 684. The molecule has 3 N–H and O–H groups in total. The minimum atomic E-state index is -0.708. The van der Waals surface area contributed by atoms with Gasteiger partial charge < -0.3 is 11.1 Å². The molecule has 21 heavy (non-hydrogen) atoms. The van der Waals surface area contributed by atoms with Crippen molar-refractivity contribution in [2.75, 3.05) is 5.32 Å². The van der Waals surface area contributed by atoms with E-state index in [9.17, 15) is 13.6 Å². The molecule has 2 aromatic rings. The highest BCUT2D eigenvalue weighted by Gasteiger charge is 2.09. The Kier molecular flexibility index (Phi) is 4.65. The predicted octanol–water partition coefficient (Wildman–Crippen LogP) is 3.98. The summed E-state index contributed by atoms with van der Waals surface area (Å²) in [6.07, 6.45) is 0. The lowest BCUT2D eigenvalue weighted by Crippen LogP contribution is -2.12. The minimum absolute atomic E-state index is 0.0871. The fourth-order valence-corrected chi connectivity index (χ4v) is 2.19. The number of nitrogens with two attached hydrogens (primary N) is 1. The summed E-state index contributed by atoms with van der Waals surface area (Å²) >= 11 is 11.3. The molecule has 0 bridgehead atoms. The van der Waals surface area contributed by atoms with Crippen molar-refractivity contribution in [2.45, 2.75) is 6.54 Å². The molecular formula is C14H10Cl2F2N2O. The molecule has 0 aromatic heterocycles. The monoisotopic (exact) mass is 330 g/mol. The van der Waals surface area contributed by atoms with Crippen LogP contribution in [0.2, 0.25) is 10.0 Å². The molecule has 0 heterocycles. The lowest BCUT2D eigenvalue weighted by molar-refractivity contribution is 0.1000. The third-order valence-corrected chi connectivity index (χ3v) is 3.35. The highest BCUT2D eigenvalue weighted by molar-refractivity contribution is 6.35. The zero-order valence-electron chi connectivity index (χ0n) is 10.6. The van der Waals surface area contributed by atoms with Gasteiger partial charge in [0.15, 0.2) is 5.82 Å². The first-order chi connectivity index (χ1) is 9.88. The maximum atomic E-state index is 13.8. The molecule has 7 heteroatoms. The smallest absolute Gasteiger partial charge is 0.248 e. The number of hydrogen-bond acceptors (Lipinski definition) is 2. The molecule has 0 radical (unpaired) electrons. The molecule has 0 aliphatic carbocycles. The summed E-state index contributed by atoms with van der Waals surface area (Å²) in [4.78, 5) is 10.9. The van der Waals surface area contributed by atoms with Crippen LogP contribution in [0.4, 0.5) is 14.5 Å². The van der Waals surface area contributed by atoms with Crippen molar-refractivity contribution >= 4 is 34.8 Å². The van der Waals surface area contributed by atoms with Gasteiger partial charge in [0, 0.05) is 23.4 Å². The number of primary amides is 1. The van der Waals surface area contributed by atoms with Crippen molar-refractivity contribution in [1.29, 1.82) is 0 Å². The van der Waals surface area contributed by atoms with Gasteiger partial charge in [0.1, 0.15) is 5.82 Å². The Morgan fingerprint density at radius 1 is 1.14 bits per heavy atom. The number of halogens is 4. The molecule has 0 aliphatic rings. The molecule has 3 nitrogen and oxygen atoms in total. The second-order valence-corrected chi connectivity index (χ2v) is 5.09. The summed E-state index contributed by atoms with van der Waals surface area (Å²) in [5.74, 6) is -1.98. The van der Waals surface area contributed by atoms with Crippen molar-refractivity contribution in [1.82, 2.24) is 0 Å². The normalized spacial score (nSPS) is 10.5. The van der Waals surface area contributed by atoms with Gasteiger partial charge in [-0.05, 0) is 24.3 Å². The SMILES string of the molecule is NC(=O)c1ccc(CNc2cc(Cl)c(F)c(Cl)c2)c(F)c1.